The molecule has 2 amide bonds. The first kappa shape index (κ1) is 9.36. The first-order chi connectivity index (χ1) is 5.61. The van der Waals surface area contributed by atoms with E-state index in [2.05, 4.69) is 19.2 Å². The molecule has 0 aromatic carbocycles. The van der Waals surface area contributed by atoms with Crippen LogP contribution in [0.15, 0.2) is 0 Å². The largest absolute Gasteiger partial charge is 0.352 e. The maximum Gasteiger partial charge on any atom is 0.312 e. The standard InChI is InChI=1S/C9H18N2O/c1-6-4-3-5-8(7(6)2)11-9(10)12/h6-8H,3-5H2,1-2H3,(H3,10,11,12)/t6-,7+,8-/m0/s1. The Balaban J connectivity index is 2.46. The van der Waals surface area contributed by atoms with Crippen LogP contribution in [0, 0.1) is 11.8 Å². The number of carbonyl (C=O) groups is 1. The van der Waals surface area contributed by atoms with E-state index in [4.69, 9.17) is 5.73 Å². The fourth-order valence-corrected chi connectivity index (χ4v) is 1.97. The van der Waals surface area contributed by atoms with Crippen LogP contribution in [0.25, 0.3) is 0 Å². The van der Waals surface area contributed by atoms with Gasteiger partial charge in [-0.3, -0.25) is 0 Å². The van der Waals surface area contributed by atoms with Gasteiger partial charge in [0.15, 0.2) is 0 Å². The summed E-state index contributed by atoms with van der Waals surface area (Å²) in [7, 11) is 0. The Hall–Kier alpha value is -0.730. The normalized spacial score (nSPS) is 36.0. The van der Waals surface area contributed by atoms with Gasteiger partial charge in [-0.1, -0.05) is 26.7 Å². The van der Waals surface area contributed by atoms with Gasteiger partial charge in [-0.15, -0.1) is 0 Å². The van der Waals surface area contributed by atoms with E-state index in [9.17, 15) is 4.79 Å². The highest BCUT2D eigenvalue weighted by Crippen LogP contribution is 2.29. The van der Waals surface area contributed by atoms with Crippen molar-refractivity contribution < 1.29 is 4.79 Å². The fraction of sp³-hybridized carbons (Fsp3) is 0.889. The van der Waals surface area contributed by atoms with Crippen molar-refractivity contribution in [2.45, 2.75) is 39.2 Å². The van der Waals surface area contributed by atoms with E-state index in [0.29, 0.717) is 17.9 Å². The minimum absolute atomic E-state index is 0.297. The Bertz CT molecular complexity index is 170. The topological polar surface area (TPSA) is 55.1 Å². The number of primary amides is 1. The lowest BCUT2D eigenvalue weighted by molar-refractivity contribution is 0.199. The van der Waals surface area contributed by atoms with E-state index in [0.717, 1.165) is 6.42 Å². The Morgan fingerprint density at radius 3 is 2.67 bits per heavy atom. The third-order valence-electron chi connectivity index (χ3n) is 3.03. The highest BCUT2D eigenvalue weighted by Gasteiger charge is 2.27. The number of urea groups is 1. The monoisotopic (exact) mass is 170 g/mol. The molecule has 3 N–H and O–H groups in total. The second-order valence-electron chi connectivity index (χ2n) is 3.88. The minimum atomic E-state index is -0.388. The van der Waals surface area contributed by atoms with Gasteiger partial charge in [0.2, 0.25) is 0 Å². The molecule has 0 heterocycles. The summed E-state index contributed by atoms with van der Waals surface area (Å²) in [5, 5.41) is 2.80. The molecule has 0 unspecified atom stereocenters. The molecule has 1 aliphatic rings. The molecule has 0 aromatic rings. The van der Waals surface area contributed by atoms with Crippen molar-refractivity contribution in [3.8, 4) is 0 Å². The molecule has 1 saturated carbocycles. The summed E-state index contributed by atoms with van der Waals surface area (Å²) in [4.78, 5) is 10.6. The van der Waals surface area contributed by atoms with Gasteiger partial charge in [-0.2, -0.15) is 0 Å². The van der Waals surface area contributed by atoms with Crippen molar-refractivity contribution in [1.29, 1.82) is 0 Å². The third-order valence-corrected chi connectivity index (χ3v) is 3.03. The molecule has 70 valence electrons. The number of nitrogens with one attached hydrogen (secondary N) is 1. The number of rotatable bonds is 1. The fourth-order valence-electron chi connectivity index (χ4n) is 1.97. The second-order valence-corrected chi connectivity index (χ2v) is 3.88. The Kier molecular flexibility index (Phi) is 2.95. The average molecular weight is 170 g/mol. The molecule has 3 nitrogen and oxygen atoms in total. The third kappa shape index (κ3) is 2.13. The van der Waals surface area contributed by atoms with E-state index in [1.54, 1.807) is 0 Å². The van der Waals surface area contributed by atoms with Crippen LogP contribution >= 0.6 is 0 Å². The van der Waals surface area contributed by atoms with Crippen molar-refractivity contribution in [3.63, 3.8) is 0 Å². The quantitative estimate of drug-likeness (QED) is 0.615. The van der Waals surface area contributed by atoms with Crippen molar-refractivity contribution in [2.24, 2.45) is 17.6 Å². The van der Waals surface area contributed by atoms with Crippen LogP contribution in [0.2, 0.25) is 0 Å². The first-order valence-electron chi connectivity index (χ1n) is 4.67. The van der Waals surface area contributed by atoms with Gasteiger partial charge in [0, 0.05) is 6.04 Å². The maximum atomic E-state index is 10.6. The van der Waals surface area contributed by atoms with Crippen molar-refractivity contribution in [1.82, 2.24) is 5.32 Å². The summed E-state index contributed by atoms with van der Waals surface area (Å²) in [5.74, 6) is 1.27. The highest BCUT2D eigenvalue weighted by atomic mass is 16.2. The number of amides is 2. The van der Waals surface area contributed by atoms with Crippen molar-refractivity contribution >= 4 is 6.03 Å². The summed E-state index contributed by atoms with van der Waals surface area (Å²) in [6.07, 6.45) is 3.56. The molecule has 0 aromatic heterocycles. The lowest BCUT2D eigenvalue weighted by Gasteiger charge is -2.34. The number of carbonyl (C=O) groups excluding carboxylic acids is 1. The van der Waals surface area contributed by atoms with E-state index >= 15 is 0 Å². The maximum absolute atomic E-state index is 10.6. The summed E-state index contributed by atoms with van der Waals surface area (Å²) in [5.41, 5.74) is 5.08. The molecule has 0 bridgehead atoms. The molecule has 0 aliphatic heterocycles. The Labute approximate surface area is 73.7 Å². The van der Waals surface area contributed by atoms with Crippen LogP contribution in [0.3, 0.4) is 0 Å². The van der Waals surface area contributed by atoms with E-state index in [-0.39, 0.29) is 6.03 Å². The molecule has 3 atom stereocenters. The predicted octanol–water partition coefficient (Wildman–Crippen LogP) is 1.48. The van der Waals surface area contributed by atoms with Gasteiger partial charge in [0.25, 0.3) is 0 Å². The van der Waals surface area contributed by atoms with Gasteiger partial charge in [0.1, 0.15) is 0 Å². The van der Waals surface area contributed by atoms with Gasteiger partial charge >= 0.3 is 6.03 Å². The number of hydrogen-bond acceptors (Lipinski definition) is 1. The molecule has 12 heavy (non-hydrogen) atoms. The molecule has 3 heteroatoms. The lowest BCUT2D eigenvalue weighted by Crippen LogP contribution is -2.45. The minimum Gasteiger partial charge on any atom is -0.352 e. The van der Waals surface area contributed by atoms with Crippen LogP contribution in [-0.4, -0.2) is 12.1 Å². The smallest absolute Gasteiger partial charge is 0.312 e. The van der Waals surface area contributed by atoms with Gasteiger partial charge < -0.3 is 11.1 Å². The summed E-state index contributed by atoms with van der Waals surface area (Å²) >= 11 is 0. The summed E-state index contributed by atoms with van der Waals surface area (Å²) in [6, 6.07) is -0.0906. The number of hydrogen-bond donors (Lipinski definition) is 2. The lowest BCUT2D eigenvalue weighted by atomic mass is 9.78. The molecule has 0 spiro atoms. The van der Waals surface area contributed by atoms with Crippen LogP contribution in [-0.2, 0) is 0 Å². The molecular formula is C9H18N2O. The van der Waals surface area contributed by atoms with Crippen LogP contribution in [0.1, 0.15) is 33.1 Å². The summed E-state index contributed by atoms with van der Waals surface area (Å²) in [6.45, 7) is 4.42. The highest BCUT2D eigenvalue weighted by molar-refractivity contribution is 5.72. The molecule has 0 saturated heterocycles. The van der Waals surface area contributed by atoms with E-state index in [1.807, 2.05) is 0 Å². The Morgan fingerprint density at radius 1 is 1.42 bits per heavy atom. The van der Waals surface area contributed by atoms with Crippen molar-refractivity contribution in [2.75, 3.05) is 0 Å². The Morgan fingerprint density at radius 2 is 2.08 bits per heavy atom. The zero-order valence-corrected chi connectivity index (χ0v) is 7.84. The van der Waals surface area contributed by atoms with Crippen LogP contribution in [0.4, 0.5) is 4.79 Å². The predicted molar refractivity (Wildman–Crippen MR) is 48.7 cm³/mol. The zero-order chi connectivity index (χ0) is 9.14. The average Bonchev–Trinajstić information content (AvgIpc) is 1.98. The van der Waals surface area contributed by atoms with E-state index in [1.165, 1.54) is 12.8 Å². The zero-order valence-electron chi connectivity index (χ0n) is 7.84. The van der Waals surface area contributed by atoms with Gasteiger partial charge in [-0.05, 0) is 18.3 Å². The molecule has 1 fully saturated rings. The number of nitrogens with two attached hydrogens (primary N) is 1. The molecule has 1 rings (SSSR count). The van der Waals surface area contributed by atoms with Crippen LogP contribution < -0.4 is 11.1 Å². The van der Waals surface area contributed by atoms with E-state index < -0.39 is 0 Å². The van der Waals surface area contributed by atoms with Gasteiger partial charge in [-0.25, -0.2) is 4.79 Å². The van der Waals surface area contributed by atoms with Crippen molar-refractivity contribution in [3.05, 3.63) is 0 Å². The van der Waals surface area contributed by atoms with Crippen LogP contribution in [0.5, 0.6) is 0 Å². The molecule has 1 aliphatic carbocycles. The van der Waals surface area contributed by atoms with Gasteiger partial charge in [0.05, 0.1) is 0 Å². The molecular weight excluding hydrogens is 152 g/mol. The SMILES string of the molecule is C[C@H]1[C@@H](NC(N)=O)CCC[C@@H]1C. The first-order valence-corrected chi connectivity index (χ1v) is 4.67. The molecule has 0 radical (unpaired) electrons. The second kappa shape index (κ2) is 3.78. The summed E-state index contributed by atoms with van der Waals surface area (Å²) < 4.78 is 0.